The first-order valence-electron chi connectivity index (χ1n) is 4.49. The van der Waals surface area contributed by atoms with Crippen LogP contribution in [0.15, 0.2) is 0 Å². The van der Waals surface area contributed by atoms with E-state index in [1.807, 2.05) is 0 Å². The lowest BCUT2D eigenvalue weighted by Gasteiger charge is -2.28. The first-order chi connectivity index (χ1) is 5.74. The molecule has 0 spiro atoms. The third-order valence-electron chi connectivity index (χ3n) is 2.80. The lowest BCUT2D eigenvalue weighted by atomic mass is 10.0. The molecule has 0 radical (unpaired) electrons. The Morgan fingerprint density at radius 1 is 1.31 bits per heavy atom. The van der Waals surface area contributed by atoms with Crippen molar-refractivity contribution in [2.24, 2.45) is 0 Å². The van der Waals surface area contributed by atoms with Crippen LogP contribution in [0.2, 0.25) is 0 Å². The van der Waals surface area contributed by atoms with E-state index in [9.17, 15) is 4.79 Å². The summed E-state index contributed by atoms with van der Waals surface area (Å²) in [6.07, 6.45) is 3.46. The topological polar surface area (TPSA) is 61.4 Å². The monoisotopic (exact) mass is 206 g/mol. The molecule has 2 heterocycles. The second-order valence-corrected chi connectivity index (χ2v) is 3.76. The van der Waals surface area contributed by atoms with E-state index in [1.165, 1.54) is 12.8 Å². The van der Waals surface area contributed by atoms with E-state index in [0.29, 0.717) is 12.1 Å². The van der Waals surface area contributed by atoms with E-state index in [0.717, 1.165) is 12.8 Å². The summed E-state index contributed by atoms with van der Waals surface area (Å²) >= 11 is 0. The zero-order valence-electron chi connectivity index (χ0n) is 7.32. The van der Waals surface area contributed by atoms with Crippen LogP contribution in [-0.2, 0) is 0 Å². The van der Waals surface area contributed by atoms with Crippen molar-refractivity contribution in [1.29, 1.82) is 0 Å². The summed E-state index contributed by atoms with van der Waals surface area (Å²) in [5, 5.41) is 14.5. The predicted molar refractivity (Wildman–Crippen MR) is 51.4 cm³/mol. The van der Waals surface area contributed by atoms with Crippen molar-refractivity contribution in [2.45, 2.75) is 43.8 Å². The zero-order chi connectivity index (χ0) is 8.55. The van der Waals surface area contributed by atoms with Crippen LogP contribution < -0.4 is 10.6 Å². The highest BCUT2D eigenvalue weighted by Crippen LogP contribution is 2.26. The molecule has 5 heteroatoms. The Kier molecular flexibility index (Phi) is 3.39. The van der Waals surface area contributed by atoms with Gasteiger partial charge in [-0.15, -0.1) is 12.4 Å². The van der Waals surface area contributed by atoms with Gasteiger partial charge in [-0.1, -0.05) is 0 Å². The Morgan fingerprint density at radius 2 is 1.85 bits per heavy atom. The van der Waals surface area contributed by atoms with Gasteiger partial charge in [-0.2, -0.15) is 0 Å². The maximum absolute atomic E-state index is 10.4. The summed E-state index contributed by atoms with van der Waals surface area (Å²) < 4.78 is 0. The molecule has 2 aliphatic rings. The number of rotatable bonds is 1. The fraction of sp³-hybridized carbons (Fsp3) is 0.875. The molecular weight excluding hydrogens is 192 g/mol. The fourth-order valence-electron chi connectivity index (χ4n) is 2.35. The number of amides is 1. The number of halogens is 1. The van der Waals surface area contributed by atoms with Crippen molar-refractivity contribution < 1.29 is 9.90 Å². The summed E-state index contributed by atoms with van der Waals surface area (Å²) in [6.45, 7) is 0. The van der Waals surface area contributed by atoms with Crippen molar-refractivity contribution in [2.75, 3.05) is 0 Å². The zero-order valence-corrected chi connectivity index (χ0v) is 8.14. The van der Waals surface area contributed by atoms with Crippen molar-refractivity contribution in [3.8, 4) is 0 Å². The average Bonchev–Trinajstić information content (AvgIpc) is 2.29. The van der Waals surface area contributed by atoms with Gasteiger partial charge >= 0.3 is 6.09 Å². The van der Waals surface area contributed by atoms with Crippen LogP contribution in [0.3, 0.4) is 0 Å². The molecule has 2 rings (SSSR count). The molecule has 0 aromatic rings. The number of nitrogens with one attached hydrogen (secondary N) is 2. The normalized spacial score (nSPS) is 36.5. The van der Waals surface area contributed by atoms with Crippen molar-refractivity contribution in [3.05, 3.63) is 0 Å². The van der Waals surface area contributed by atoms with E-state index in [2.05, 4.69) is 10.6 Å². The van der Waals surface area contributed by atoms with Gasteiger partial charge in [-0.25, -0.2) is 4.79 Å². The molecule has 2 fully saturated rings. The molecule has 0 aromatic heterocycles. The largest absolute Gasteiger partial charge is 0.465 e. The third kappa shape index (κ3) is 2.48. The Morgan fingerprint density at radius 3 is 2.31 bits per heavy atom. The quantitative estimate of drug-likeness (QED) is 0.599. The van der Waals surface area contributed by atoms with Gasteiger partial charge in [0.1, 0.15) is 0 Å². The molecule has 2 atom stereocenters. The maximum atomic E-state index is 10.4. The molecule has 0 aromatic carbocycles. The summed E-state index contributed by atoms with van der Waals surface area (Å²) in [5.41, 5.74) is 0. The van der Waals surface area contributed by atoms with Crippen LogP contribution in [0.5, 0.6) is 0 Å². The van der Waals surface area contributed by atoms with Gasteiger partial charge in [-0.05, 0) is 25.7 Å². The third-order valence-corrected chi connectivity index (χ3v) is 2.80. The first kappa shape index (κ1) is 10.6. The lowest BCUT2D eigenvalue weighted by molar-refractivity contribution is 0.183. The van der Waals surface area contributed by atoms with Crippen molar-refractivity contribution in [3.63, 3.8) is 0 Å². The SMILES string of the molecule is Cl.O=C(O)NC1CC2CCC(C1)N2. The molecule has 1 amide bonds. The highest BCUT2D eigenvalue weighted by atomic mass is 35.5. The minimum absolute atomic E-state index is 0. The maximum Gasteiger partial charge on any atom is 0.404 e. The Labute approximate surface area is 83.5 Å². The van der Waals surface area contributed by atoms with Gasteiger partial charge in [0, 0.05) is 18.1 Å². The molecule has 2 unspecified atom stereocenters. The van der Waals surface area contributed by atoms with Crippen LogP contribution in [0.4, 0.5) is 4.79 Å². The van der Waals surface area contributed by atoms with Gasteiger partial charge in [0.25, 0.3) is 0 Å². The molecule has 13 heavy (non-hydrogen) atoms. The molecule has 4 nitrogen and oxygen atoms in total. The molecule has 0 aliphatic carbocycles. The Balaban J connectivity index is 0.000000845. The first-order valence-corrected chi connectivity index (χ1v) is 4.49. The highest BCUT2D eigenvalue weighted by molar-refractivity contribution is 5.85. The summed E-state index contributed by atoms with van der Waals surface area (Å²) in [4.78, 5) is 10.4. The molecular formula is C8H15ClN2O2. The van der Waals surface area contributed by atoms with Crippen molar-refractivity contribution >= 4 is 18.5 Å². The van der Waals surface area contributed by atoms with E-state index < -0.39 is 6.09 Å². The Bertz CT molecular complexity index is 189. The van der Waals surface area contributed by atoms with Gasteiger partial charge in [0.05, 0.1) is 0 Å². The summed E-state index contributed by atoms with van der Waals surface area (Å²) in [7, 11) is 0. The standard InChI is InChI=1S/C8H14N2O2.ClH/c11-8(12)10-7-3-5-1-2-6(4-7)9-5;/h5-7,9-10H,1-4H2,(H,11,12);1H. The van der Waals surface area contributed by atoms with Gasteiger partial charge in [0.15, 0.2) is 0 Å². The predicted octanol–water partition coefficient (Wildman–Crippen LogP) is 0.959. The van der Waals surface area contributed by atoms with Crippen LogP contribution in [0, 0.1) is 0 Å². The van der Waals surface area contributed by atoms with E-state index >= 15 is 0 Å². The smallest absolute Gasteiger partial charge is 0.404 e. The molecule has 2 saturated heterocycles. The van der Waals surface area contributed by atoms with Crippen LogP contribution in [-0.4, -0.2) is 29.3 Å². The van der Waals surface area contributed by atoms with Gasteiger partial charge < -0.3 is 15.7 Å². The average molecular weight is 207 g/mol. The number of hydrogen-bond donors (Lipinski definition) is 3. The summed E-state index contributed by atoms with van der Waals surface area (Å²) in [5.74, 6) is 0. The van der Waals surface area contributed by atoms with E-state index in [4.69, 9.17) is 5.11 Å². The number of piperidine rings is 1. The molecule has 3 N–H and O–H groups in total. The minimum Gasteiger partial charge on any atom is -0.465 e. The van der Waals surface area contributed by atoms with E-state index in [-0.39, 0.29) is 18.4 Å². The summed E-state index contributed by atoms with van der Waals surface area (Å²) in [6, 6.07) is 1.29. The number of carbonyl (C=O) groups is 1. The van der Waals surface area contributed by atoms with Crippen LogP contribution in [0.1, 0.15) is 25.7 Å². The molecule has 2 bridgehead atoms. The second-order valence-electron chi connectivity index (χ2n) is 3.76. The fourth-order valence-corrected chi connectivity index (χ4v) is 2.35. The molecule has 76 valence electrons. The molecule has 0 saturated carbocycles. The van der Waals surface area contributed by atoms with Crippen LogP contribution in [0.25, 0.3) is 0 Å². The second kappa shape index (κ2) is 4.15. The van der Waals surface area contributed by atoms with Crippen molar-refractivity contribution in [1.82, 2.24) is 10.6 Å². The Hall–Kier alpha value is -0.480. The molecule has 2 aliphatic heterocycles. The number of fused-ring (bicyclic) bond motifs is 2. The highest BCUT2D eigenvalue weighted by Gasteiger charge is 2.33. The van der Waals surface area contributed by atoms with E-state index in [1.54, 1.807) is 0 Å². The number of carboxylic acid groups (broad SMARTS) is 1. The lowest BCUT2D eigenvalue weighted by Crippen LogP contribution is -2.47. The van der Waals surface area contributed by atoms with Gasteiger partial charge in [0.2, 0.25) is 0 Å². The number of hydrogen-bond acceptors (Lipinski definition) is 2. The minimum atomic E-state index is -0.888. The van der Waals surface area contributed by atoms with Gasteiger partial charge in [-0.3, -0.25) is 0 Å². The van der Waals surface area contributed by atoms with Crippen LogP contribution >= 0.6 is 12.4 Å².